The monoisotopic (exact) mass is 323 g/mol. The minimum atomic E-state index is -0.398. The maximum absolute atomic E-state index is 12.1. The molecule has 0 aliphatic heterocycles. The molecule has 0 spiro atoms. The van der Waals surface area contributed by atoms with Gasteiger partial charge in [-0.1, -0.05) is 30.3 Å². The number of aromatic nitrogens is 4. The number of H-pyrrole nitrogens is 1. The molecule has 122 valence electrons. The SMILES string of the molecule is O=C(NCCCn1cncn1)c1ccc(-c2ccccc2)[nH]c1=O. The average molecular weight is 323 g/mol. The predicted octanol–water partition coefficient (Wildman–Crippen LogP) is 1.45. The van der Waals surface area contributed by atoms with Gasteiger partial charge >= 0.3 is 0 Å². The molecule has 0 aliphatic carbocycles. The van der Waals surface area contributed by atoms with Crippen LogP contribution >= 0.6 is 0 Å². The Morgan fingerprint density at radius 1 is 1.17 bits per heavy atom. The van der Waals surface area contributed by atoms with Crippen molar-refractivity contribution in [2.45, 2.75) is 13.0 Å². The average Bonchev–Trinajstić information content (AvgIpc) is 3.12. The Balaban J connectivity index is 1.60. The van der Waals surface area contributed by atoms with Crippen LogP contribution in [0.2, 0.25) is 0 Å². The van der Waals surface area contributed by atoms with Gasteiger partial charge in [0, 0.05) is 18.8 Å². The van der Waals surface area contributed by atoms with E-state index >= 15 is 0 Å². The van der Waals surface area contributed by atoms with Crippen molar-refractivity contribution in [2.24, 2.45) is 0 Å². The molecule has 3 aromatic rings. The summed E-state index contributed by atoms with van der Waals surface area (Å²) in [6.45, 7) is 1.11. The number of nitrogens with one attached hydrogen (secondary N) is 2. The summed E-state index contributed by atoms with van der Waals surface area (Å²) in [6, 6.07) is 12.8. The highest BCUT2D eigenvalue weighted by Gasteiger charge is 2.10. The van der Waals surface area contributed by atoms with Crippen LogP contribution in [0.3, 0.4) is 0 Å². The number of nitrogens with zero attached hydrogens (tertiary/aromatic N) is 3. The zero-order chi connectivity index (χ0) is 16.8. The molecule has 0 atom stereocenters. The Morgan fingerprint density at radius 3 is 2.71 bits per heavy atom. The smallest absolute Gasteiger partial charge is 0.261 e. The first-order valence-electron chi connectivity index (χ1n) is 7.63. The Labute approximate surface area is 138 Å². The van der Waals surface area contributed by atoms with Crippen LogP contribution in [0, 0.1) is 0 Å². The van der Waals surface area contributed by atoms with Crippen LogP contribution in [0.15, 0.2) is 59.9 Å². The molecule has 0 aliphatic rings. The summed E-state index contributed by atoms with van der Waals surface area (Å²) in [5.74, 6) is -0.380. The lowest BCUT2D eigenvalue weighted by atomic mass is 10.1. The van der Waals surface area contributed by atoms with Crippen LogP contribution in [0.1, 0.15) is 16.8 Å². The van der Waals surface area contributed by atoms with Gasteiger partial charge in [-0.25, -0.2) is 4.98 Å². The lowest BCUT2D eigenvalue weighted by molar-refractivity contribution is 0.0951. The largest absolute Gasteiger partial charge is 0.352 e. The summed E-state index contributed by atoms with van der Waals surface area (Å²) in [5.41, 5.74) is 1.29. The van der Waals surface area contributed by atoms with Crippen LogP contribution in [0.25, 0.3) is 11.3 Å². The fraction of sp³-hybridized carbons (Fsp3) is 0.176. The Hall–Kier alpha value is -3.22. The Bertz CT molecular complexity index is 856. The highest BCUT2D eigenvalue weighted by molar-refractivity contribution is 5.94. The van der Waals surface area contributed by atoms with Gasteiger partial charge in [0.2, 0.25) is 0 Å². The molecule has 0 saturated heterocycles. The first-order chi connectivity index (χ1) is 11.7. The van der Waals surface area contributed by atoms with Crippen molar-refractivity contribution in [3.8, 4) is 11.3 Å². The molecule has 7 nitrogen and oxygen atoms in total. The van der Waals surface area contributed by atoms with Gasteiger partial charge in [-0.15, -0.1) is 0 Å². The van der Waals surface area contributed by atoms with E-state index in [4.69, 9.17) is 0 Å². The molecule has 3 rings (SSSR count). The molecule has 0 radical (unpaired) electrons. The standard InChI is InChI=1S/C17H17N5O2/c23-16(19-9-4-10-22-12-18-11-20-22)14-7-8-15(21-17(14)24)13-5-2-1-3-6-13/h1-3,5-8,11-12H,4,9-10H2,(H,19,23)(H,21,24). The van der Waals surface area contributed by atoms with Gasteiger partial charge in [-0.05, 0) is 24.1 Å². The van der Waals surface area contributed by atoms with E-state index in [-0.39, 0.29) is 11.5 Å². The van der Waals surface area contributed by atoms with Crippen molar-refractivity contribution in [3.05, 3.63) is 71.0 Å². The molecular formula is C17H17N5O2. The summed E-state index contributed by atoms with van der Waals surface area (Å²) in [4.78, 5) is 30.8. The topological polar surface area (TPSA) is 92.7 Å². The predicted molar refractivity (Wildman–Crippen MR) is 89.5 cm³/mol. The normalized spacial score (nSPS) is 10.5. The lowest BCUT2D eigenvalue weighted by Crippen LogP contribution is -2.30. The molecular weight excluding hydrogens is 306 g/mol. The third-order valence-electron chi connectivity index (χ3n) is 3.56. The molecule has 24 heavy (non-hydrogen) atoms. The van der Waals surface area contributed by atoms with Crippen LogP contribution in [-0.4, -0.2) is 32.2 Å². The molecule has 0 fully saturated rings. The third-order valence-corrected chi connectivity index (χ3v) is 3.56. The number of aryl methyl sites for hydroxylation is 1. The fourth-order valence-corrected chi connectivity index (χ4v) is 2.32. The quantitative estimate of drug-likeness (QED) is 0.672. The maximum Gasteiger partial charge on any atom is 0.261 e. The summed E-state index contributed by atoms with van der Waals surface area (Å²) in [7, 11) is 0. The second-order valence-electron chi connectivity index (χ2n) is 5.25. The van der Waals surface area contributed by atoms with Crippen molar-refractivity contribution in [1.29, 1.82) is 0 Å². The van der Waals surface area contributed by atoms with Crippen LogP contribution < -0.4 is 10.9 Å². The summed E-state index contributed by atoms with van der Waals surface area (Å²) in [6.07, 6.45) is 3.79. The molecule has 2 N–H and O–H groups in total. The lowest BCUT2D eigenvalue weighted by Gasteiger charge is -2.06. The van der Waals surface area contributed by atoms with Crippen molar-refractivity contribution in [2.75, 3.05) is 6.54 Å². The molecule has 1 amide bonds. The van der Waals surface area contributed by atoms with Crippen molar-refractivity contribution in [3.63, 3.8) is 0 Å². The third kappa shape index (κ3) is 3.75. The van der Waals surface area contributed by atoms with E-state index < -0.39 is 5.56 Å². The van der Waals surface area contributed by atoms with Crippen LogP contribution in [0.5, 0.6) is 0 Å². The number of amides is 1. The molecule has 0 bridgehead atoms. The zero-order valence-electron chi connectivity index (χ0n) is 13.0. The summed E-state index contributed by atoms with van der Waals surface area (Å²) >= 11 is 0. The van der Waals surface area contributed by atoms with Gasteiger partial charge in [0.15, 0.2) is 0 Å². The molecule has 7 heteroatoms. The number of pyridine rings is 1. The first kappa shape index (κ1) is 15.7. The molecule has 1 aromatic carbocycles. The summed E-state index contributed by atoms with van der Waals surface area (Å²) < 4.78 is 1.69. The van der Waals surface area contributed by atoms with E-state index in [0.717, 1.165) is 5.56 Å². The maximum atomic E-state index is 12.1. The Kier molecular flexibility index (Phi) is 4.81. The highest BCUT2D eigenvalue weighted by atomic mass is 16.2. The zero-order valence-corrected chi connectivity index (χ0v) is 13.0. The van der Waals surface area contributed by atoms with Gasteiger partial charge in [-0.2, -0.15) is 5.10 Å². The van der Waals surface area contributed by atoms with Crippen molar-refractivity contribution in [1.82, 2.24) is 25.1 Å². The summed E-state index contributed by atoms with van der Waals surface area (Å²) in [5, 5.41) is 6.72. The molecule has 2 heterocycles. The van der Waals surface area contributed by atoms with Crippen molar-refractivity contribution >= 4 is 5.91 Å². The van der Waals surface area contributed by atoms with E-state index in [1.165, 1.54) is 6.33 Å². The van der Waals surface area contributed by atoms with Crippen LogP contribution in [0.4, 0.5) is 0 Å². The second-order valence-corrected chi connectivity index (χ2v) is 5.25. The van der Waals surface area contributed by atoms with E-state index in [2.05, 4.69) is 20.4 Å². The minimum absolute atomic E-state index is 0.107. The van der Waals surface area contributed by atoms with Gasteiger partial charge < -0.3 is 10.3 Å². The first-order valence-corrected chi connectivity index (χ1v) is 7.63. The fourth-order valence-electron chi connectivity index (χ4n) is 2.32. The number of carbonyl (C=O) groups excluding carboxylic acids is 1. The number of hydrogen-bond acceptors (Lipinski definition) is 4. The van der Waals surface area contributed by atoms with E-state index in [9.17, 15) is 9.59 Å². The van der Waals surface area contributed by atoms with E-state index in [1.807, 2.05) is 30.3 Å². The molecule has 2 aromatic heterocycles. The number of carbonyl (C=O) groups is 1. The van der Waals surface area contributed by atoms with Crippen molar-refractivity contribution < 1.29 is 4.79 Å². The van der Waals surface area contributed by atoms with Gasteiger partial charge in [-0.3, -0.25) is 14.3 Å². The second kappa shape index (κ2) is 7.36. The van der Waals surface area contributed by atoms with Gasteiger partial charge in [0.05, 0.1) is 0 Å². The number of rotatable bonds is 6. The van der Waals surface area contributed by atoms with Gasteiger partial charge in [0.25, 0.3) is 11.5 Å². The molecule has 0 saturated carbocycles. The van der Waals surface area contributed by atoms with E-state index in [0.29, 0.717) is 25.2 Å². The van der Waals surface area contributed by atoms with Crippen LogP contribution in [-0.2, 0) is 6.54 Å². The van der Waals surface area contributed by atoms with Gasteiger partial charge in [0.1, 0.15) is 18.2 Å². The number of benzene rings is 1. The molecule has 0 unspecified atom stereocenters. The van der Waals surface area contributed by atoms with E-state index in [1.54, 1.807) is 23.1 Å². The minimum Gasteiger partial charge on any atom is -0.352 e. The Morgan fingerprint density at radius 2 is 2.00 bits per heavy atom. The highest BCUT2D eigenvalue weighted by Crippen LogP contribution is 2.14. The number of hydrogen-bond donors (Lipinski definition) is 2. The number of aromatic amines is 1.